The first-order valence-electron chi connectivity index (χ1n) is 16.7. The predicted octanol–water partition coefficient (Wildman–Crippen LogP) is 7.38. The molecule has 0 aliphatic carbocycles. The number of aliphatic carboxylic acids is 1. The number of nitrogens with two attached hydrogens (primary N) is 1. The highest BCUT2D eigenvalue weighted by Crippen LogP contribution is 2.43. The molecule has 12 heteroatoms. The zero-order valence-electron chi connectivity index (χ0n) is 27.3. The van der Waals surface area contributed by atoms with Crippen LogP contribution in [0.2, 0.25) is 0 Å². The lowest BCUT2D eigenvalue weighted by atomic mass is 10.1. The van der Waals surface area contributed by atoms with Crippen molar-refractivity contribution in [2.24, 2.45) is 5.73 Å². The maximum atomic E-state index is 12.5. The first kappa shape index (κ1) is 42.2. The van der Waals surface area contributed by atoms with E-state index in [-0.39, 0.29) is 19.4 Å². The maximum absolute atomic E-state index is 12.5. The molecule has 0 aromatic carbocycles. The first-order chi connectivity index (χ1) is 21.1. The second kappa shape index (κ2) is 28.7. The highest BCUT2D eigenvalue weighted by molar-refractivity contribution is 7.47. The van der Waals surface area contributed by atoms with E-state index in [1.54, 1.807) is 0 Å². The molecule has 0 saturated carbocycles. The van der Waals surface area contributed by atoms with Gasteiger partial charge in [0.25, 0.3) is 0 Å². The van der Waals surface area contributed by atoms with Gasteiger partial charge in [-0.3, -0.25) is 23.4 Å². The van der Waals surface area contributed by atoms with Crippen molar-refractivity contribution in [1.29, 1.82) is 0 Å². The van der Waals surface area contributed by atoms with Crippen molar-refractivity contribution in [3.8, 4) is 0 Å². The molecule has 0 fully saturated rings. The summed E-state index contributed by atoms with van der Waals surface area (Å²) >= 11 is 0. The zero-order valence-corrected chi connectivity index (χ0v) is 28.2. The summed E-state index contributed by atoms with van der Waals surface area (Å²) in [5, 5.41) is 8.81. The van der Waals surface area contributed by atoms with E-state index in [0.29, 0.717) is 12.8 Å². The number of rotatable bonds is 31. The van der Waals surface area contributed by atoms with Crippen LogP contribution in [-0.4, -0.2) is 59.9 Å². The number of ether oxygens (including phenoxy) is 2. The highest BCUT2D eigenvalue weighted by Gasteiger charge is 2.28. The third-order valence-electron chi connectivity index (χ3n) is 7.01. The second-order valence-corrected chi connectivity index (χ2v) is 12.8. The molecule has 44 heavy (non-hydrogen) atoms. The van der Waals surface area contributed by atoms with Crippen LogP contribution in [0.15, 0.2) is 12.2 Å². The van der Waals surface area contributed by atoms with Gasteiger partial charge in [-0.15, -0.1) is 0 Å². The summed E-state index contributed by atoms with van der Waals surface area (Å²) in [7, 11) is -4.70. The lowest BCUT2D eigenvalue weighted by molar-refractivity contribution is -0.161. The lowest BCUT2D eigenvalue weighted by Crippen LogP contribution is -2.34. The summed E-state index contributed by atoms with van der Waals surface area (Å²) in [6.07, 6.45) is 23.0. The van der Waals surface area contributed by atoms with Crippen LogP contribution in [0.3, 0.4) is 0 Å². The fourth-order valence-electron chi connectivity index (χ4n) is 4.28. The molecule has 3 atom stereocenters. The first-order valence-corrected chi connectivity index (χ1v) is 18.2. The smallest absolute Gasteiger partial charge is 0.472 e. The number of carboxylic acid groups (broad SMARTS) is 1. The molecule has 0 radical (unpaired) electrons. The third-order valence-corrected chi connectivity index (χ3v) is 7.96. The molecular formula is C32H60NO10P. The number of unbranched alkanes of at least 4 members (excludes halogenated alkanes) is 15. The molecule has 0 aliphatic rings. The number of esters is 2. The number of carboxylic acids is 1. The van der Waals surface area contributed by atoms with Crippen LogP contribution >= 0.6 is 7.82 Å². The molecule has 0 aromatic heterocycles. The van der Waals surface area contributed by atoms with Crippen molar-refractivity contribution < 1.29 is 47.5 Å². The lowest BCUT2D eigenvalue weighted by Gasteiger charge is -2.20. The Bertz CT molecular complexity index is 823. The maximum Gasteiger partial charge on any atom is 0.472 e. The molecule has 258 valence electrons. The molecule has 4 N–H and O–H groups in total. The van der Waals surface area contributed by atoms with Gasteiger partial charge < -0.3 is 25.2 Å². The summed E-state index contributed by atoms with van der Waals surface area (Å²) < 4.78 is 32.3. The van der Waals surface area contributed by atoms with Crippen LogP contribution < -0.4 is 5.73 Å². The van der Waals surface area contributed by atoms with Crippen molar-refractivity contribution in [3.63, 3.8) is 0 Å². The highest BCUT2D eigenvalue weighted by atomic mass is 31.2. The number of carbonyl (C=O) groups is 3. The second-order valence-electron chi connectivity index (χ2n) is 11.3. The van der Waals surface area contributed by atoms with Crippen LogP contribution in [0.5, 0.6) is 0 Å². The van der Waals surface area contributed by atoms with E-state index in [4.69, 9.17) is 24.8 Å². The summed E-state index contributed by atoms with van der Waals surface area (Å²) in [5.41, 5.74) is 5.29. The Kier molecular flexibility index (Phi) is 27.5. The Morgan fingerprint density at radius 2 is 1.16 bits per heavy atom. The Morgan fingerprint density at radius 1 is 0.682 bits per heavy atom. The molecular weight excluding hydrogens is 589 g/mol. The standard InChI is InChI=1S/C32H60NO10P/c1-3-5-7-9-11-13-14-16-18-20-22-24-31(35)43-28(26-41-44(38,39)42-27-29(33)32(36)37)25-40-30(34)23-21-19-17-15-12-10-8-6-4-2/h9,11,28-29H,3-8,10,12-27,33H2,1-2H3,(H,36,37)(H,38,39)/b11-9-. The molecule has 0 amide bonds. The quantitative estimate of drug-likeness (QED) is 0.0296. The molecule has 0 saturated heterocycles. The minimum atomic E-state index is -4.70. The van der Waals surface area contributed by atoms with E-state index in [9.17, 15) is 23.8 Å². The van der Waals surface area contributed by atoms with Crippen LogP contribution in [0, 0.1) is 0 Å². The van der Waals surface area contributed by atoms with Crippen molar-refractivity contribution in [1.82, 2.24) is 0 Å². The van der Waals surface area contributed by atoms with Gasteiger partial charge in [0.1, 0.15) is 12.6 Å². The van der Waals surface area contributed by atoms with Crippen molar-refractivity contribution in [2.45, 2.75) is 154 Å². The summed E-state index contributed by atoms with van der Waals surface area (Å²) in [6.45, 7) is 2.69. The minimum absolute atomic E-state index is 0.153. The molecule has 3 unspecified atom stereocenters. The Hall–Kier alpha value is -1.78. The van der Waals surface area contributed by atoms with Gasteiger partial charge in [0.15, 0.2) is 6.10 Å². The van der Waals surface area contributed by atoms with Gasteiger partial charge in [-0.05, 0) is 32.1 Å². The summed E-state index contributed by atoms with van der Waals surface area (Å²) in [4.78, 5) is 45.4. The van der Waals surface area contributed by atoms with Crippen molar-refractivity contribution >= 4 is 25.7 Å². The molecule has 0 bridgehead atoms. The number of phosphoric acid groups is 1. The van der Waals surface area contributed by atoms with Crippen LogP contribution in [0.1, 0.15) is 142 Å². The Balaban J connectivity index is 4.53. The summed E-state index contributed by atoms with van der Waals surface area (Å²) in [6, 6.07) is -1.52. The number of hydrogen-bond donors (Lipinski definition) is 3. The van der Waals surface area contributed by atoms with E-state index >= 15 is 0 Å². The van der Waals surface area contributed by atoms with Gasteiger partial charge in [-0.1, -0.05) is 109 Å². The number of hydrogen-bond acceptors (Lipinski definition) is 9. The number of allylic oxidation sites excluding steroid dienone is 2. The van der Waals surface area contributed by atoms with Gasteiger partial charge in [-0.2, -0.15) is 0 Å². The predicted molar refractivity (Wildman–Crippen MR) is 171 cm³/mol. The molecule has 11 nitrogen and oxygen atoms in total. The van der Waals surface area contributed by atoms with Crippen molar-refractivity contribution in [3.05, 3.63) is 12.2 Å². The largest absolute Gasteiger partial charge is 0.480 e. The molecule has 0 aliphatic heterocycles. The van der Waals surface area contributed by atoms with E-state index in [0.717, 1.165) is 57.8 Å². The normalized spacial score (nSPS) is 14.3. The topological polar surface area (TPSA) is 172 Å². The van der Waals surface area contributed by atoms with E-state index in [1.807, 2.05) is 0 Å². The fraction of sp³-hybridized carbons (Fsp3) is 0.844. The van der Waals surface area contributed by atoms with E-state index in [1.165, 1.54) is 44.9 Å². The molecule has 0 aromatic rings. The minimum Gasteiger partial charge on any atom is -0.480 e. The zero-order chi connectivity index (χ0) is 32.9. The van der Waals surface area contributed by atoms with Gasteiger partial charge in [0.2, 0.25) is 0 Å². The monoisotopic (exact) mass is 649 g/mol. The fourth-order valence-corrected chi connectivity index (χ4v) is 5.06. The summed E-state index contributed by atoms with van der Waals surface area (Å²) in [5.74, 6) is -2.39. The number of carbonyl (C=O) groups excluding carboxylic acids is 2. The van der Waals surface area contributed by atoms with Crippen LogP contribution in [-0.2, 0) is 37.5 Å². The van der Waals surface area contributed by atoms with Crippen LogP contribution in [0.25, 0.3) is 0 Å². The van der Waals surface area contributed by atoms with Gasteiger partial charge in [0, 0.05) is 12.8 Å². The van der Waals surface area contributed by atoms with Gasteiger partial charge in [-0.25, -0.2) is 4.57 Å². The SMILES string of the molecule is CCCC/C=C\CCCCCCCC(=O)OC(COC(=O)CCCCCCCCCCC)COP(=O)(O)OCC(N)C(=O)O. The average Bonchev–Trinajstić information content (AvgIpc) is 2.99. The van der Waals surface area contributed by atoms with Crippen molar-refractivity contribution in [2.75, 3.05) is 19.8 Å². The van der Waals surface area contributed by atoms with E-state index in [2.05, 4.69) is 30.5 Å². The molecule has 0 spiro atoms. The molecule has 0 rings (SSSR count). The molecule has 0 heterocycles. The Morgan fingerprint density at radius 3 is 1.73 bits per heavy atom. The van der Waals surface area contributed by atoms with Gasteiger partial charge >= 0.3 is 25.7 Å². The van der Waals surface area contributed by atoms with Crippen LogP contribution in [0.4, 0.5) is 0 Å². The van der Waals surface area contributed by atoms with Gasteiger partial charge in [0.05, 0.1) is 13.2 Å². The number of phosphoric ester groups is 1. The third kappa shape index (κ3) is 27.7. The average molecular weight is 650 g/mol. The van der Waals surface area contributed by atoms with E-state index < -0.39 is 51.1 Å². The Labute approximate surface area is 265 Å².